The summed E-state index contributed by atoms with van der Waals surface area (Å²) in [5.74, 6) is -0.203. The van der Waals surface area contributed by atoms with Gasteiger partial charge in [-0.2, -0.15) is 0 Å². The largest absolute Gasteiger partial charge is 0.497 e. The van der Waals surface area contributed by atoms with Gasteiger partial charge in [-0.1, -0.05) is 36.7 Å². The Morgan fingerprint density at radius 1 is 1.14 bits per heavy atom. The Kier molecular flexibility index (Phi) is 9.97. The van der Waals surface area contributed by atoms with Gasteiger partial charge in [-0.3, -0.25) is 13.9 Å². The predicted octanol–water partition coefficient (Wildman–Crippen LogP) is 3.76. The van der Waals surface area contributed by atoms with Crippen LogP contribution in [0.5, 0.6) is 5.75 Å². The standard InChI is InChI=1S/C25H34ClN3O5S/c1-7-23(25(31)27-17(2)3)28(15-19-9-8-10-21(13-19)34-5)24(30)16-29(35(6,32)33)20-12-11-18(4)22(26)14-20/h8-14,17,23H,7,15-16H2,1-6H3,(H,27,31). The van der Waals surface area contributed by atoms with Crippen LogP contribution in [0.1, 0.15) is 38.3 Å². The molecular formula is C25H34ClN3O5S. The fourth-order valence-electron chi connectivity index (χ4n) is 3.62. The van der Waals surface area contributed by atoms with Crippen molar-refractivity contribution in [3.8, 4) is 5.75 Å². The number of hydrogen-bond acceptors (Lipinski definition) is 5. The summed E-state index contributed by atoms with van der Waals surface area (Å²) >= 11 is 6.22. The van der Waals surface area contributed by atoms with E-state index in [1.807, 2.05) is 26.8 Å². The first kappa shape index (κ1) is 28.5. The summed E-state index contributed by atoms with van der Waals surface area (Å²) in [7, 11) is -2.28. The molecule has 0 saturated carbocycles. The highest BCUT2D eigenvalue weighted by Gasteiger charge is 2.32. The number of sulfonamides is 1. The number of nitrogens with zero attached hydrogens (tertiary/aromatic N) is 2. The number of aryl methyl sites for hydroxylation is 1. The third-order valence-electron chi connectivity index (χ3n) is 5.43. The quantitative estimate of drug-likeness (QED) is 0.484. The molecule has 1 atom stereocenters. The number of anilines is 1. The van der Waals surface area contributed by atoms with Gasteiger partial charge in [-0.15, -0.1) is 0 Å². The first-order chi connectivity index (χ1) is 16.4. The molecule has 2 aromatic carbocycles. The molecule has 0 aliphatic carbocycles. The molecule has 0 saturated heterocycles. The predicted molar refractivity (Wildman–Crippen MR) is 139 cm³/mol. The molecule has 8 nitrogen and oxygen atoms in total. The molecule has 0 aliphatic heterocycles. The van der Waals surface area contributed by atoms with Crippen LogP contribution in [-0.2, 0) is 26.2 Å². The molecule has 0 aromatic heterocycles. The molecule has 1 unspecified atom stereocenters. The van der Waals surface area contributed by atoms with Crippen LogP contribution in [0.25, 0.3) is 0 Å². The van der Waals surface area contributed by atoms with E-state index in [0.29, 0.717) is 17.2 Å². The fraction of sp³-hybridized carbons (Fsp3) is 0.440. The Morgan fingerprint density at radius 3 is 2.37 bits per heavy atom. The maximum absolute atomic E-state index is 13.7. The molecule has 1 N–H and O–H groups in total. The zero-order valence-corrected chi connectivity index (χ0v) is 22.6. The number of hydrogen-bond donors (Lipinski definition) is 1. The van der Waals surface area contributed by atoms with E-state index in [9.17, 15) is 18.0 Å². The summed E-state index contributed by atoms with van der Waals surface area (Å²) < 4.78 is 31.6. The van der Waals surface area contributed by atoms with Crippen LogP contribution < -0.4 is 14.4 Å². The Balaban J connectivity index is 2.47. The lowest BCUT2D eigenvalue weighted by molar-refractivity contribution is -0.140. The van der Waals surface area contributed by atoms with E-state index in [1.54, 1.807) is 44.4 Å². The fourth-order valence-corrected chi connectivity index (χ4v) is 4.63. The molecule has 2 aromatic rings. The van der Waals surface area contributed by atoms with Crippen LogP contribution in [0, 0.1) is 6.92 Å². The van der Waals surface area contributed by atoms with Crippen molar-refractivity contribution in [2.75, 3.05) is 24.2 Å². The minimum absolute atomic E-state index is 0.103. The molecule has 35 heavy (non-hydrogen) atoms. The number of methoxy groups -OCH3 is 1. The van der Waals surface area contributed by atoms with Gasteiger partial charge < -0.3 is 15.0 Å². The van der Waals surface area contributed by atoms with Gasteiger partial charge in [0.1, 0.15) is 18.3 Å². The van der Waals surface area contributed by atoms with Crippen molar-refractivity contribution < 1.29 is 22.7 Å². The van der Waals surface area contributed by atoms with E-state index < -0.39 is 28.5 Å². The number of rotatable bonds is 11. The Bertz CT molecular complexity index is 1150. The smallest absolute Gasteiger partial charge is 0.244 e. The molecule has 0 aliphatic rings. The van der Waals surface area contributed by atoms with Gasteiger partial charge in [0.2, 0.25) is 21.8 Å². The lowest BCUT2D eigenvalue weighted by Crippen LogP contribution is -2.53. The SMILES string of the molecule is CCC(C(=O)NC(C)C)N(Cc1cccc(OC)c1)C(=O)CN(c1ccc(C)c(Cl)c1)S(C)(=O)=O. The molecule has 0 fully saturated rings. The highest BCUT2D eigenvalue weighted by Crippen LogP contribution is 2.26. The molecule has 2 amide bonds. The van der Waals surface area contributed by atoms with Crippen molar-refractivity contribution in [1.82, 2.24) is 10.2 Å². The van der Waals surface area contributed by atoms with E-state index in [1.165, 1.54) is 11.0 Å². The summed E-state index contributed by atoms with van der Waals surface area (Å²) in [6.07, 6.45) is 1.38. The van der Waals surface area contributed by atoms with Crippen LogP contribution in [0.3, 0.4) is 0 Å². The van der Waals surface area contributed by atoms with Crippen LogP contribution in [0.2, 0.25) is 5.02 Å². The molecule has 0 radical (unpaired) electrons. The summed E-state index contributed by atoms with van der Waals surface area (Å²) in [5.41, 5.74) is 1.81. The van der Waals surface area contributed by atoms with E-state index in [4.69, 9.17) is 16.3 Å². The first-order valence-corrected chi connectivity index (χ1v) is 13.6. The summed E-state index contributed by atoms with van der Waals surface area (Å²) in [6.45, 7) is 6.91. The van der Waals surface area contributed by atoms with E-state index in [-0.39, 0.29) is 24.2 Å². The van der Waals surface area contributed by atoms with Gasteiger partial charge in [0, 0.05) is 17.6 Å². The Labute approximate surface area is 213 Å². The van der Waals surface area contributed by atoms with Gasteiger partial charge >= 0.3 is 0 Å². The zero-order valence-electron chi connectivity index (χ0n) is 21.0. The maximum Gasteiger partial charge on any atom is 0.244 e. The van der Waals surface area contributed by atoms with Crippen LogP contribution in [-0.4, -0.2) is 57.1 Å². The van der Waals surface area contributed by atoms with E-state index in [0.717, 1.165) is 21.7 Å². The third kappa shape index (κ3) is 7.86. The van der Waals surface area contributed by atoms with Crippen molar-refractivity contribution >= 4 is 39.1 Å². The normalized spacial score (nSPS) is 12.2. The number of carbonyl (C=O) groups excluding carboxylic acids is 2. The lowest BCUT2D eigenvalue weighted by Gasteiger charge is -2.33. The average molecular weight is 524 g/mol. The van der Waals surface area contributed by atoms with Gasteiger partial charge in [0.05, 0.1) is 19.1 Å². The summed E-state index contributed by atoms with van der Waals surface area (Å²) in [5, 5.41) is 3.25. The highest BCUT2D eigenvalue weighted by atomic mass is 35.5. The van der Waals surface area contributed by atoms with Gasteiger partial charge in [0.15, 0.2) is 0 Å². The second kappa shape index (κ2) is 12.3. The number of ether oxygens (including phenoxy) is 1. The lowest BCUT2D eigenvalue weighted by atomic mass is 10.1. The van der Waals surface area contributed by atoms with Crippen molar-refractivity contribution in [2.24, 2.45) is 0 Å². The second-order valence-electron chi connectivity index (χ2n) is 8.66. The minimum Gasteiger partial charge on any atom is -0.497 e. The van der Waals surface area contributed by atoms with E-state index >= 15 is 0 Å². The molecule has 0 heterocycles. The highest BCUT2D eigenvalue weighted by molar-refractivity contribution is 7.92. The van der Waals surface area contributed by atoms with Crippen molar-refractivity contribution in [1.29, 1.82) is 0 Å². The van der Waals surface area contributed by atoms with Crippen LogP contribution in [0.15, 0.2) is 42.5 Å². The third-order valence-corrected chi connectivity index (χ3v) is 6.97. The summed E-state index contributed by atoms with van der Waals surface area (Å²) in [6, 6.07) is 11.1. The van der Waals surface area contributed by atoms with E-state index in [2.05, 4.69) is 5.32 Å². The molecular weight excluding hydrogens is 490 g/mol. The zero-order chi connectivity index (χ0) is 26.3. The average Bonchev–Trinajstić information content (AvgIpc) is 2.78. The van der Waals surface area contributed by atoms with Crippen molar-refractivity contribution in [3.63, 3.8) is 0 Å². The van der Waals surface area contributed by atoms with Crippen molar-refractivity contribution in [2.45, 2.75) is 52.7 Å². The number of halogens is 1. The molecule has 0 bridgehead atoms. The van der Waals surface area contributed by atoms with Gasteiger partial charge in [-0.25, -0.2) is 8.42 Å². The second-order valence-corrected chi connectivity index (χ2v) is 11.0. The molecule has 2 rings (SSSR count). The monoisotopic (exact) mass is 523 g/mol. The van der Waals surface area contributed by atoms with Crippen molar-refractivity contribution in [3.05, 3.63) is 58.6 Å². The number of nitrogens with one attached hydrogen (secondary N) is 1. The number of amides is 2. The Hall–Kier alpha value is -2.78. The summed E-state index contributed by atoms with van der Waals surface area (Å²) in [4.78, 5) is 28.1. The maximum atomic E-state index is 13.7. The van der Waals surface area contributed by atoms with Crippen LogP contribution >= 0.6 is 11.6 Å². The molecule has 192 valence electrons. The van der Waals surface area contributed by atoms with Gasteiger partial charge in [-0.05, 0) is 62.6 Å². The Morgan fingerprint density at radius 2 is 1.83 bits per heavy atom. The van der Waals surface area contributed by atoms with Gasteiger partial charge in [0.25, 0.3) is 0 Å². The first-order valence-electron chi connectivity index (χ1n) is 11.3. The van der Waals surface area contributed by atoms with Crippen LogP contribution in [0.4, 0.5) is 5.69 Å². The topological polar surface area (TPSA) is 96.0 Å². The minimum atomic E-state index is -3.82. The number of carbonyl (C=O) groups is 2. The number of benzene rings is 2. The molecule has 0 spiro atoms. The molecule has 10 heteroatoms.